The van der Waals surface area contributed by atoms with Gasteiger partial charge in [0.2, 0.25) is 0 Å². The van der Waals surface area contributed by atoms with Crippen molar-refractivity contribution in [3.8, 4) is 0 Å². The number of thioether (sulfide) groups is 1. The van der Waals surface area contributed by atoms with Gasteiger partial charge in [0.25, 0.3) is 0 Å². The molecule has 0 aromatic carbocycles. The van der Waals surface area contributed by atoms with Crippen molar-refractivity contribution in [1.29, 1.82) is 0 Å². The second-order valence-electron chi connectivity index (χ2n) is 3.83. The summed E-state index contributed by atoms with van der Waals surface area (Å²) in [7, 11) is 1.99. The van der Waals surface area contributed by atoms with E-state index in [0.717, 1.165) is 0 Å². The molecule has 2 atom stereocenters. The van der Waals surface area contributed by atoms with Gasteiger partial charge in [0.15, 0.2) is 0 Å². The topological polar surface area (TPSA) is 29.9 Å². The molecular weight excluding hydrogens is 206 g/mol. The van der Waals surface area contributed by atoms with Gasteiger partial charge < -0.3 is 5.32 Å². The van der Waals surface area contributed by atoms with Crippen molar-refractivity contribution in [3.63, 3.8) is 0 Å². The summed E-state index contributed by atoms with van der Waals surface area (Å²) < 4.78 is 1.93. The Morgan fingerprint density at radius 1 is 1.60 bits per heavy atom. The van der Waals surface area contributed by atoms with Crippen LogP contribution < -0.4 is 5.32 Å². The molecule has 86 valence electrons. The van der Waals surface area contributed by atoms with Gasteiger partial charge in [-0.1, -0.05) is 6.92 Å². The summed E-state index contributed by atoms with van der Waals surface area (Å²) in [6, 6.07) is 3.03. The first-order valence-electron chi connectivity index (χ1n) is 5.41. The van der Waals surface area contributed by atoms with E-state index in [1.165, 1.54) is 17.9 Å². The maximum Gasteiger partial charge on any atom is 0.0547 e. The highest BCUT2D eigenvalue weighted by molar-refractivity contribution is 7.98. The third-order valence-corrected chi connectivity index (χ3v) is 3.38. The largest absolute Gasteiger partial charge is 0.305 e. The van der Waals surface area contributed by atoms with Crippen LogP contribution in [0, 0.1) is 0 Å². The maximum atomic E-state index is 4.19. The van der Waals surface area contributed by atoms with Crippen LogP contribution in [0.5, 0.6) is 0 Å². The van der Waals surface area contributed by atoms with Crippen molar-refractivity contribution in [2.45, 2.75) is 32.4 Å². The Morgan fingerprint density at radius 2 is 2.33 bits per heavy atom. The van der Waals surface area contributed by atoms with E-state index >= 15 is 0 Å². The summed E-state index contributed by atoms with van der Waals surface area (Å²) in [5.74, 6) is 1.17. The lowest BCUT2D eigenvalue weighted by atomic mass is 10.2. The number of nitrogens with zero attached hydrogens (tertiary/aromatic N) is 2. The lowest BCUT2D eigenvalue weighted by Crippen LogP contribution is -2.33. The second kappa shape index (κ2) is 6.18. The molecular formula is C11H21N3S. The van der Waals surface area contributed by atoms with Gasteiger partial charge in [-0.2, -0.15) is 16.9 Å². The first-order chi connectivity index (χ1) is 7.19. The zero-order valence-electron chi connectivity index (χ0n) is 10.0. The van der Waals surface area contributed by atoms with Crippen LogP contribution in [0.2, 0.25) is 0 Å². The number of hydrogen-bond acceptors (Lipinski definition) is 3. The van der Waals surface area contributed by atoms with Crippen LogP contribution in [0.1, 0.15) is 32.0 Å². The minimum atomic E-state index is 0.370. The van der Waals surface area contributed by atoms with Crippen LogP contribution in [0.4, 0.5) is 0 Å². The van der Waals surface area contributed by atoms with Gasteiger partial charge in [0.05, 0.1) is 5.69 Å². The quantitative estimate of drug-likeness (QED) is 0.808. The SMILES string of the molecule is CCC(CSC)NC(C)c1ccnn1C. The van der Waals surface area contributed by atoms with Crippen molar-refractivity contribution < 1.29 is 0 Å². The molecule has 1 aromatic heterocycles. The third-order valence-electron chi connectivity index (χ3n) is 2.65. The molecule has 1 N–H and O–H groups in total. The molecule has 1 heterocycles. The molecule has 3 nitrogen and oxygen atoms in total. The van der Waals surface area contributed by atoms with Crippen LogP contribution >= 0.6 is 11.8 Å². The molecule has 0 saturated carbocycles. The Hall–Kier alpha value is -0.480. The van der Waals surface area contributed by atoms with Gasteiger partial charge in [-0.3, -0.25) is 4.68 Å². The van der Waals surface area contributed by atoms with Crippen molar-refractivity contribution in [1.82, 2.24) is 15.1 Å². The van der Waals surface area contributed by atoms with Gasteiger partial charge in [-0.15, -0.1) is 0 Å². The molecule has 0 fully saturated rings. The molecule has 4 heteroatoms. The Morgan fingerprint density at radius 3 is 2.80 bits per heavy atom. The van der Waals surface area contributed by atoms with Crippen LogP contribution in [0.3, 0.4) is 0 Å². The summed E-state index contributed by atoms with van der Waals surface area (Å²) in [6.45, 7) is 4.42. The van der Waals surface area contributed by atoms with Crippen molar-refractivity contribution >= 4 is 11.8 Å². The lowest BCUT2D eigenvalue weighted by Gasteiger charge is -2.21. The van der Waals surface area contributed by atoms with E-state index < -0.39 is 0 Å². The molecule has 1 aromatic rings. The van der Waals surface area contributed by atoms with Gasteiger partial charge in [-0.25, -0.2) is 0 Å². The number of nitrogens with one attached hydrogen (secondary N) is 1. The molecule has 1 rings (SSSR count). The molecule has 0 aliphatic rings. The highest BCUT2D eigenvalue weighted by Gasteiger charge is 2.13. The van der Waals surface area contributed by atoms with E-state index in [9.17, 15) is 0 Å². The van der Waals surface area contributed by atoms with Gasteiger partial charge in [0, 0.05) is 31.1 Å². The highest BCUT2D eigenvalue weighted by atomic mass is 32.2. The smallest absolute Gasteiger partial charge is 0.0547 e. The summed E-state index contributed by atoms with van der Waals surface area (Å²) in [5, 5.41) is 7.82. The normalized spacial score (nSPS) is 15.2. The van der Waals surface area contributed by atoms with Gasteiger partial charge >= 0.3 is 0 Å². The predicted octanol–water partition coefficient (Wildman–Crippen LogP) is 2.21. The molecule has 0 saturated heterocycles. The van der Waals surface area contributed by atoms with E-state index in [4.69, 9.17) is 0 Å². The zero-order valence-corrected chi connectivity index (χ0v) is 10.8. The van der Waals surface area contributed by atoms with Crippen LogP contribution in [-0.2, 0) is 7.05 Å². The monoisotopic (exact) mass is 227 g/mol. The van der Waals surface area contributed by atoms with Crippen LogP contribution in [-0.4, -0.2) is 27.8 Å². The predicted molar refractivity (Wildman–Crippen MR) is 67.2 cm³/mol. The fraction of sp³-hybridized carbons (Fsp3) is 0.727. The van der Waals surface area contributed by atoms with E-state index in [0.29, 0.717) is 12.1 Å². The molecule has 2 unspecified atom stereocenters. The van der Waals surface area contributed by atoms with Gasteiger partial charge in [-0.05, 0) is 25.7 Å². The van der Waals surface area contributed by atoms with Crippen molar-refractivity contribution in [3.05, 3.63) is 18.0 Å². The minimum absolute atomic E-state index is 0.370. The molecule has 0 amide bonds. The number of aryl methyl sites for hydroxylation is 1. The zero-order chi connectivity index (χ0) is 11.3. The first kappa shape index (κ1) is 12.6. The molecule has 0 aliphatic carbocycles. The molecule has 0 bridgehead atoms. The van der Waals surface area contributed by atoms with Crippen molar-refractivity contribution in [2.75, 3.05) is 12.0 Å². The number of aromatic nitrogens is 2. The Bertz CT molecular complexity index is 285. The maximum absolute atomic E-state index is 4.19. The van der Waals surface area contributed by atoms with E-state index in [2.05, 4.69) is 36.6 Å². The highest BCUT2D eigenvalue weighted by Crippen LogP contribution is 2.13. The molecule has 15 heavy (non-hydrogen) atoms. The van der Waals surface area contributed by atoms with Crippen LogP contribution in [0.15, 0.2) is 12.3 Å². The fourth-order valence-corrected chi connectivity index (χ4v) is 2.47. The molecule has 0 radical (unpaired) electrons. The van der Waals surface area contributed by atoms with E-state index in [1.54, 1.807) is 0 Å². The summed E-state index contributed by atoms with van der Waals surface area (Å²) in [6.07, 6.45) is 5.17. The number of rotatable bonds is 6. The Kier molecular flexibility index (Phi) is 5.19. The molecule has 0 aliphatic heterocycles. The van der Waals surface area contributed by atoms with E-state index in [1.807, 2.05) is 29.7 Å². The average Bonchev–Trinajstić information content (AvgIpc) is 2.63. The standard InChI is InChI=1S/C11H21N3S/c1-5-10(8-15-4)13-9(2)11-6-7-12-14(11)3/h6-7,9-10,13H,5,8H2,1-4H3. The average molecular weight is 227 g/mol. The van der Waals surface area contributed by atoms with E-state index in [-0.39, 0.29) is 0 Å². The van der Waals surface area contributed by atoms with Crippen LogP contribution in [0.25, 0.3) is 0 Å². The number of hydrogen-bond donors (Lipinski definition) is 1. The summed E-state index contributed by atoms with van der Waals surface area (Å²) >= 11 is 1.89. The third kappa shape index (κ3) is 3.54. The Labute approximate surface area is 96.6 Å². The fourth-order valence-electron chi connectivity index (χ4n) is 1.73. The second-order valence-corrected chi connectivity index (χ2v) is 4.74. The first-order valence-corrected chi connectivity index (χ1v) is 6.81. The lowest BCUT2D eigenvalue weighted by molar-refractivity contribution is 0.454. The minimum Gasteiger partial charge on any atom is -0.305 e. The molecule has 0 spiro atoms. The Balaban J connectivity index is 2.54. The summed E-state index contributed by atoms with van der Waals surface area (Å²) in [5.41, 5.74) is 1.24. The van der Waals surface area contributed by atoms with Gasteiger partial charge in [0.1, 0.15) is 0 Å². The summed E-state index contributed by atoms with van der Waals surface area (Å²) in [4.78, 5) is 0. The van der Waals surface area contributed by atoms with Crippen molar-refractivity contribution in [2.24, 2.45) is 7.05 Å².